The van der Waals surface area contributed by atoms with Crippen LogP contribution in [0.15, 0.2) is 102 Å². The number of hydrogen-bond donors (Lipinski definition) is 0. The van der Waals surface area contributed by atoms with Crippen LogP contribution in [0.4, 0.5) is 4.39 Å². The number of ketones is 1. The number of furan rings is 1. The van der Waals surface area contributed by atoms with Crippen LogP contribution in [0.3, 0.4) is 0 Å². The van der Waals surface area contributed by atoms with Gasteiger partial charge in [-0.25, -0.2) is 9.37 Å². The molecule has 2 aliphatic rings. The molecule has 2 aliphatic heterocycles. The second kappa shape index (κ2) is 13.7. The fraction of sp³-hybridized carbons (Fsp3) is 0.359. The molecular formula is C39H41FN4O3. The molecule has 1 atom stereocenters. The van der Waals surface area contributed by atoms with Crippen molar-refractivity contribution in [3.8, 4) is 0 Å². The molecule has 4 heterocycles. The standard InChI is InChI=1S/C39H41FN4O3/c40-32-15-13-29(14-16-32)26-39(19-7-21-43(38(39)46)27-30-8-2-1-3-9-30)20-24-42-22-17-31(18-23-42)36(45)37-41-34-11-4-5-12-35(34)44(37)28-33-10-6-25-47-33/h1-6,8-16,25,31H,7,17-24,26-28H2. The normalized spacial score (nSPS) is 19.4. The first-order valence-corrected chi connectivity index (χ1v) is 16.8. The molecule has 7 rings (SSSR count). The van der Waals surface area contributed by atoms with Crippen molar-refractivity contribution < 1.29 is 18.4 Å². The number of carbonyl (C=O) groups excluding carboxylic acids is 2. The van der Waals surface area contributed by atoms with E-state index in [4.69, 9.17) is 9.40 Å². The Morgan fingerprint density at radius 3 is 2.40 bits per heavy atom. The average molecular weight is 633 g/mol. The van der Waals surface area contributed by atoms with Crippen LogP contribution in [-0.4, -0.2) is 57.2 Å². The Bertz CT molecular complexity index is 1810. The van der Waals surface area contributed by atoms with Gasteiger partial charge in [0.1, 0.15) is 11.6 Å². The van der Waals surface area contributed by atoms with E-state index in [1.807, 2.05) is 76.2 Å². The van der Waals surface area contributed by atoms with E-state index in [0.717, 1.165) is 86.2 Å². The largest absolute Gasteiger partial charge is 0.467 e. The predicted octanol–water partition coefficient (Wildman–Crippen LogP) is 7.15. The number of halogens is 1. The summed E-state index contributed by atoms with van der Waals surface area (Å²) < 4.78 is 21.4. The van der Waals surface area contributed by atoms with E-state index in [1.54, 1.807) is 6.26 Å². The van der Waals surface area contributed by atoms with Gasteiger partial charge in [0, 0.05) is 19.0 Å². The summed E-state index contributed by atoms with van der Waals surface area (Å²) in [7, 11) is 0. The van der Waals surface area contributed by atoms with E-state index in [2.05, 4.69) is 17.0 Å². The lowest BCUT2D eigenvalue weighted by atomic mass is 9.71. The second-order valence-electron chi connectivity index (χ2n) is 13.2. The van der Waals surface area contributed by atoms with Crippen LogP contribution in [-0.2, 0) is 24.3 Å². The van der Waals surface area contributed by atoms with E-state index < -0.39 is 5.41 Å². The van der Waals surface area contributed by atoms with Gasteiger partial charge in [-0.3, -0.25) is 9.59 Å². The Morgan fingerprint density at radius 2 is 1.64 bits per heavy atom. The first kappa shape index (κ1) is 31.1. The minimum absolute atomic E-state index is 0.0826. The number of benzene rings is 3. The summed E-state index contributed by atoms with van der Waals surface area (Å²) in [5.74, 6) is 1.18. The quantitative estimate of drug-likeness (QED) is 0.145. The molecule has 2 saturated heterocycles. The molecule has 0 bridgehead atoms. The number of para-hydroxylation sites is 2. The molecular weight excluding hydrogens is 591 g/mol. The highest BCUT2D eigenvalue weighted by Crippen LogP contribution is 2.39. The SMILES string of the molecule is O=C(c1nc2ccccc2n1Cc1ccco1)C1CCN(CCC2(Cc3ccc(F)cc3)CCCN(Cc3ccccc3)C2=O)CC1. The minimum atomic E-state index is -0.547. The number of imidazole rings is 1. The van der Waals surface area contributed by atoms with Crippen LogP contribution >= 0.6 is 0 Å². The fourth-order valence-electron chi connectivity index (χ4n) is 7.54. The van der Waals surface area contributed by atoms with Crippen molar-refractivity contribution in [2.24, 2.45) is 11.3 Å². The summed E-state index contributed by atoms with van der Waals surface area (Å²) in [5.41, 5.74) is 3.30. The summed E-state index contributed by atoms with van der Waals surface area (Å²) in [5, 5.41) is 0. The van der Waals surface area contributed by atoms with Crippen molar-refractivity contribution in [1.82, 2.24) is 19.4 Å². The van der Waals surface area contributed by atoms with E-state index in [0.29, 0.717) is 25.3 Å². The third-order valence-corrected chi connectivity index (χ3v) is 10.1. The highest BCUT2D eigenvalue weighted by atomic mass is 19.1. The number of rotatable bonds is 11. The molecule has 5 aromatic rings. The van der Waals surface area contributed by atoms with Crippen molar-refractivity contribution in [3.05, 3.63) is 126 Å². The number of aromatic nitrogens is 2. The third kappa shape index (κ3) is 6.79. The Morgan fingerprint density at radius 1 is 0.872 bits per heavy atom. The number of hydrogen-bond acceptors (Lipinski definition) is 5. The van der Waals surface area contributed by atoms with Crippen molar-refractivity contribution in [2.45, 2.75) is 51.6 Å². The van der Waals surface area contributed by atoms with E-state index >= 15 is 0 Å². The van der Waals surface area contributed by atoms with Crippen molar-refractivity contribution in [2.75, 3.05) is 26.2 Å². The van der Waals surface area contributed by atoms with Gasteiger partial charge in [0.25, 0.3) is 0 Å². The van der Waals surface area contributed by atoms with E-state index in [-0.39, 0.29) is 23.4 Å². The zero-order valence-electron chi connectivity index (χ0n) is 26.7. The number of Topliss-reactive ketones (excluding diaryl/α,β-unsaturated/α-hetero) is 1. The first-order valence-electron chi connectivity index (χ1n) is 16.8. The van der Waals surface area contributed by atoms with Crippen molar-refractivity contribution in [1.29, 1.82) is 0 Å². The van der Waals surface area contributed by atoms with Gasteiger partial charge in [0.05, 0.1) is 29.3 Å². The highest BCUT2D eigenvalue weighted by Gasteiger charge is 2.44. The fourth-order valence-corrected chi connectivity index (χ4v) is 7.54. The maximum Gasteiger partial charge on any atom is 0.229 e. The minimum Gasteiger partial charge on any atom is -0.467 e. The van der Waals surface area contributed by atoms with Crippen molar-refractivity contribution >= 4 is 22.7 Å². The summed E-state index contributed by atoms with van der Waals surface area (Å²) >= 11 is 0. The van der Waals surface area contributed by atoms with Crippen LogP contribution in [0, 0.1) is 17.2 Å². The van der Waals surface area contributed by atoms with Gasteiger partial charge >= 0.3 is 0 Å². The average Bonchev–Trinajstić information content (AvgIpc) is 3.76. The van der Waals surface area contributed by atoms with Gasteiger partial charge in [-0.2, -0.15) is 0 Å². The number of amides is 1. The van der Waals surface area contributed by atoms with Crippen LogP contribution in [0.25, 0.3) is 11.0 Å². The Labute approximate surface area is 275 Å². The zero-order chi connectivity index (χ0) is 32.2. The molecule has 8 heteroatoms. The molecule has 0 spiro atoms. The maximum absolute atomic E-state index is 14.3. The summed E-state index contributed by atoms with van der Waals surface area (Å²) in [6.45, 7) is 4.18. The number of fused-ring (bicyclic) bond motifs is 1. The number of piperidine rings is 2. The molecule has 1 unspecified atom stereocenters. The lowest BCUT2D eigenvalue weighted by Gasteiger charge is -2.43. The molecule has 2 aromatic heterocycles. The summed E-state index contributed by atoms with van der Waals surface area (Å²) in [6, 6.07) is 28.4. The maximum atomic E-state index is 14.3. The monoisotopic (exact) mass is 632 g/mol. The molecule has 0 radical (unpaired) electrons. The molecule has 0 aliphatic carbocycles. The topological polar surface area (TPSA) is 71.6 Å². The summed E-state index contributed by atoms with van der Waals surface area (Å²) in [6.07, 6.45) is 6.23. The van der Waals surface area contributed by atoms with Gasteiger partial charge in [-0.05, 0) is 106 Å². The van der Waals surface area contributed by atoms with Crippen LogP contribution < -0.4 is 0 Å². The molecule has 7 nitrogen and oxygen atoms in total. The first-order chi connectivity index (χ1) is 23.0. The van der Waals surface area contributed by atoms with Crippen LogP contribution in [0.1, 0.15) is 59.6 Å². The Hall–Kier alpha value is -4.56. The van der Waals surface area contributed by atoms with Gasteiger partial charge in [-0.15, -0.1) is 0 Å². The van der Waals surface area contributed by atoms with Gasteiger partial charge in [0.15, 0.2) is 5.82 Å². The van der Waals surface area contributed by atoms with Crippen molar-refractivity contribution in [3.63, 3.8) is 0 Å². The molecule has 2 fully saturated rings. The molecule has 242 valence electrons. The second-order valence-corrected chi connectivity index (χ2v) is 13.2. The predicted molar refractivity (Wildman–Crippen MR) is 179 cm³/mol. The van der Waals surface area contributed by atoms with E-state index in [9.17, 15) is 14.0 Å². The highest BCUT2D eigenvalue weighted by molar-refractivity contribution is 5.98. The van der Waals surface area contributed by atoms with Gasteiger partial charge < -0.3 is 18.8 Å². The molecule has 0 N–H and O–H groups in total. The zero-order valence-corrected chi connectivity index (χ0v) is 26.7. The molecule has 0 saturated carbocycles. The Kier molecular flexibility index (Phi) is 9.03. The van der Waals surface area contributed by atoms with Crippen LogP contribution in [0.2, 0.25) is 0 Å². The molecule has 3 aromatic carbocycles. The lowest BCUT2D eigenvalue weighted by molar-refractivity contribution is -0.148. The number of likely N-dealkylation sites (tertiary alicyclic amines) is 2. The third-order valence-electron chi connectivity index (χ3n) is 10.1. The van der Waals surface area contributed by atoms with E-state index in [1.165, 1.54) is 12.1 Å². The molecule has 1 amide bonds. The number of nitrogens with zero attached hydrogens (tertiary/aromatic N) is 4. The lowest BCUT2D eigenvalue weighted by Crippen LogP contribution is -2.51. The Balaban J connectivity index is 1.04. The molecule has 47 heavy (non-hydrogen) atoms. The smallest absolute Gasteiger partial charge is 0.229 e. The number of carbonyl (C=O) groups is 2. The summed E-state index contributed by atoms with van der Waals surface area (Å²) in [4.78, 5) is 37.4. The van der Waals surface area contributed by atoms with Crippen LogP contribution in [0.5, 0.6) is 0 Å². The van der Waals surface area contributed by atoms with Gasteiger partial charge in [0.2, 0.25) is 11.7 Å². The van der Waals surface area contributed by atoms with Gasteiger partial charge in [-0.1, -0.05) is 54.6 Å².